The summed E-state index contributed by atoms with van der Waals surface area (Å²) in [6.07, 6.45) is 20.1. The molecule has 0 aliphatic carbocycles. The lowest BCUT2D eigenvalue weighted by Crippen LogP contribution is -2.54. The third-order valence-corrected chi connectivity index (χ3v) is 6.77. The van der Waals surface area contributed by atoms with Gasteiger partial charge in [0.1, 0.15) is 0 Å². The first-order valence-electron chi connectivity index (χ1n) is 11.6. The number of hydrogen-bond acceptors (Lipinski definition) is 4. The molecule has 0 saturated carbocycles. The van der Waals surface area contributed by atoms with Crippen molar-refractivity contribution in [2.45, 2.75) is 18.0 Å². The van der Waals surface area contributed by atoms with Gasteiger partial charge < -0.3 is 10.3 Å². The van der Waals surface area contributed by atoms with Crippen LogP contribution < -0.4 is 16.0 Å². The van der Waals surface area contributed by atoms with Crippen LogP contribution in [-0.4, -0.2) is 47.0 Å². The van der Waals surface area contributed by atoms with Crippen LogP contribution in [0.1, 0.15) is 5.56 Å². The van der Waals surface area contributed by atoms with Gasteiger partial charge in [-0.05, 0) is 92.9 Å². The number of allylic oxidation sites excluding steroid dienone is 5. The topological polar surface area (TPSA) is 55.8 Å². The maximum absolute atomic E-state index is 4.89. The van der Waals surface area contributed by atoms with Gasteiger partial charge in [-0.2, -0.15) is 0 Å². The minimum absolute atomic E-state index is 0.0442. The number of hydrogen-bond donors (Lipinski definition) is 2. The SMILES string of the molecule is CN(C)C1(Cc2ccccc2)C=C2C=C3C=CC(=N3)C=c3ccc([nH]3)=CC3=NC(=CC1N2)C=C3. The van der Waals surface area contributed by atoms with Crippen LogP contribution >= 0.6 is 0 Å². The molecule has 0 fully saturated rings. The van der Waals surface area contributed by atoms with Crippen molar-refractivity contribution in [3.8, 4) is 0 Å². The summed E-state index contributed by atoms with van der Waals surface area (Å²) in [6.45, 7) is 0. The number of benzene rings is 1. The van der Waals surface area contributed by atoms with Gasteiger partial charge in [0.05, 0.1) is 34.4 Å². The quantitative estimate of drug-likeness (QED) is 0.764. The van der Waals surface area contributed by atoms with Crippen LogP contribution in [0.5, 0.6) is 0 Å². The summed E-state index contributed by atoms with van der Waals surface area (Å²) in [4.78, 5) is 15.5. The second kappa shape index (κ2) is 8.12. The van der Waals surface area contributed by atoms with Crippen molar-refractivity contribution < 1.29 is 0 Å². The molecule has 2 aromatic rings. The van der Waals surface area contributed by atoms with Gasteiger partial charge in [0.25, 0.3) is 0 Å². The molecule has 5 heterocycles. The number of fused-ring (bicyclic) bond motifs is 6. The fraction of sp³-hybridized carbons (Fsp3) is 0.172. The normalized spacial score (nSPS) is 24.6. The van der Waals surface area contributed by atoms with E-state index in [-0.39, 0.29) is 11.6 Å². The molecule has 2 unspecified atom stereocenters. The van der Waals surface area contributed by atoms with Gasteiger partial charge >= 0.3 is 0 Å². The van der Waals surface area contributed by atoms with E-state index in [0.717, 1.165) is 45.6 Å². The number of aromatic amines is 1. The molecule has 0 radical (unpaired) electrons. The Morgan fingerprint density at radius 2 is 1.50 bits per heavy atom. The number of nitrogens with one attached hydrogen (secondary N) is 2. The van der Waals surface area contributed by atoms with Crippen molar-refractivity contribution in [2.24, 2.45) is 9.98 Å². The fourth-order valence-electron chi connectivity index (χ4n) is 4.99. The number of rotatable bonds is 3. The number of aromatic nitrogens is 1. The van der Waals surface area contributed by atoms with E-state index in [1.54, 1.807) is 0 Å². The Hall–Kier alpha value is -3.96. The summed E-state index contributed by atoms with van der Waals surface area (Å²) >= 11 is 0. The molecule has 5 heteroatoms. The monoisotopic (exact) mass is 445 g/mol. The summed E-state index contributed by atoms with van der Waals surface area (Å²) in [6, 6.07) is 14.9. The van der Waals surface area contributed by atoms with E-state index in [2.05, 4.69) is 126 Å². The number of likely N-dealkylation sites (N-methyl/N-ethyl adjacent to an activating group) is 1. The van der Waals surface area contributed by atoms with E-state index in [1.807, 2.05) is 0 Å². The van der Waals surface area contributed by atoms with E-state index in [0.29, 0.717) is 0 Å². The molecule has 168 valence electrons. The maximum Gasteiger partial charge on any atom is 0.0692 e. The third-order valence-electron chi connectivity index (χ3n) is 6.77. The van der Waals surface area contributed by atoms with Crippen LogP contribution in [0.2, 0.25) is 0 Å². The van der Waals surface area contributed by atoms with Gasteiger partial charge in [-0.3, -0.25) is 4.90 Å². The average molecular weight is 446 g/mol. The highest BCUT2D eigenvalue weighted by molar-refractivity contribution is 6.20. The Bertz CT molecular complexity index is 1470. The van der Waals surface area contributed by atoms with E-state index in [4.69, 9.17) is 9.98 Å². The summed E-state index contributed by atoms with van der Waals surface area (Å²) in [5, 5.41) is 5.81. The molecule has 4 aliphatic heterocycles. The molecule has 34 heavy (non-hydrogen) atoms. The van der Waals surface area contributed by atoms with E-state index in [1.165, 1.54) is 5.56 Å². The molecule has 0 spiro atoms. The van der Waals surface area contributed by atoms with Crippen LogP contribution in [0.4, 0.5) is 0 Å². The lowest BCUT2D eigenvalue weighted by Gasteiger charge is -2.39. The first-order chi connectivity index (χ1) is 16.6. The molecule has 0 saturated heterocycles. The molecule has 4 aliphatic rings. The van der Waals surface area contributed by atoms with Crippen LogP contribution in [0.15, 0.2) is 112 Å². The second-order valence-electron chi connectivity index (χ2n) is 9.33. The van der Waals surface area contributed by atoms with Crippen LogP contribution in [0.25, 0.3) is 12.2 Å². The van der Waals surface area contributed by atoms with E-state index in [9.17, 15) is 0 Å². The van der Waals surface area contributed by atoms with Gasteiger partial charge in [0, 0.05) is 16.4 Å². The van der Waals surface area contributed by atoms with Crippen molar-refractivity contribution in [2.75, 3.05) is 14.1 Å². The zero-order chi connectivity index (χ0) is 23.1. The Morgan fingerprint density at radius 3 is 2.21 bits per heavy atom. The van der Waals surface area contributed by atoms with Gasteiger partial charge in [-0.1, -0.05) is 30.3 Å². The number of aliphatic imine (C=N–C) groups is 2. The molecule has 2 atom stereocenters. The van der Waals surface area contributed by atoms with E-state index >= 15 is 0 Å². The molecule has 1 aromatic heterocycles. The van der Waals surface area contributed by atoms with Crippen LogP contribution in [0.3, 0.4) is 0 Å². The minimum Gasteiger partial charge on any atom is -0.377 e. The standard InChI is InChI=1S/C29H27N5/c1-34(2)29(18-20-6-4-3-5-7-20)19-27-16-25-11-10-23(31-25)14-21-8-9-22(30-21)15-24-12-13-26(32-24)17-28(29)33-27/h3-17,19,28,30,33H,18H2,1-2H3. The predicted octanol–water partition coefficient (Wildman–Crippen LogP) is 2.78. The molecule has 0 amide bonds. The smallest absolute Gasteiger partial charge is 0.0692 e. The number of nitrogens with zero attached hydrogens (tertiary/aromatic N) is 3. The van der Waals surface area contributed by atoms with Gasteiger partial charge in [-0.25, -0.2) is 9.98 Å². The third kappa shape index (κ3) is 3.84. The van der Waals surface area contributed by atoms with Crippen molar-refractivity contribution in [3.05, 3.63) is 118 Å². The van der Waals surface area contributed by atoms with Crippen molar-refractivity contribution in [3.63, 3.8) is 0 Å². The first kappa shape index (κ1) is 20.6. The van der Waals surface area contributed by atoms with Gasteiger partial charge in [0.2, 0.25) is 0 Å². The largest absolute Gasteiger partial charge is 0.377 e. The predicted molar refractivity (Wildman–Crippen MR) is 140 cm³/mol. The minimum atomic E-state index is -0.251. The molecule has 6 rings (SSSR count). The highest BCUT2D eigenvalue weighted by atomic mass is 15.2. The fourth-order valence-corrected chi connectivity index (χ4v) is 4.99. The lowest BCUT2D eigenvalue weighted by molar-refractivity contribution is 0.189. The lowest BCUT2D eigenvalue weighted by atomic mass is 9.83. The highest BCUT2D eigenvalue weighted by Crippen LogP contribution is 2.34. The zero-order valence-corrected chi connectivity index (χ0v) is 19.4. The molecule has 5 nitrogen and oxygen atoms in total. The summed E-state index contributed by atoms with van der Waals surface area (Å²) in [5.74, 6) is 0. The van der Waals surface area contributed by atoms with Crippen LogP contribution in [0, 0.1) is 0 Å². The first-order valence-corrected chi connectivity index (χ1v) is 11.6. The van der Waals surface area contributed by atoms with E-state index < -0.39 is 0 Å². The van der Waals surface area contributed by atoms with Crippen LogP contribution in [-0.2, 0) is 6.42 Å². The second-order valence-corrected chi connectivity index (χ2v) is 9.33. The van der Waals surface area contributed by atoms with Crippen molar-refractivity contribution in [1.29, 1.82) is 0 Å². The average Bonchev–Trinajstić information content (AvgIpc) is 3.60. The Balaban J connectivity index is 1.51. The zero-order valence-electron chi connectivity index (χ0n) is 19.4. The molecule has 1 aromatic carbocycles. The maximum atomic E-state index is 4.89. The Morgan fingerprint density at radius 1 is 0.824 bits per heavy atom. The van der Waals surface area contributed by atoms with Crippen molar-refractivity contribution >= 4 is 23.6 Å². The summed E-state index contributed by atoms with van der Waals surface area (Å²) in [5.41, 5.74) is 5.91. The summed E-state index contributed by atoms with van der Waals surface area (Å²) < 4.78 is 0. The molecule has 8 bridgehead atoms. The molecular weight excluding hydrogens is 418 g/mol. The van der Waals surface area contributed by atoms with Gasteiger partial charge in [-0.15, -0.1) is 0 Å². The molecular formula is C29H27N5. The number of H-pyrrole nitrogens is 1. The van der Waals surface area contributed by atoms with Crippen molar-refractivity contribution in [1.82, 2.24) is 15.2 Å². The summed E-state index contributed by atoms with van der Waals surface area (Å²) in [7, 11) is 4.31. The molecule has 2 N–H and O–H groups in total. The Kier molecular flexibility index (Phi) is 4.93. The highest BCUT2D eigenvalue weighted by Gasteiger charge is 2.43. The Labute approximate surface area is 199 Å². The van der Waals surface area contributed by atoms with Gasteiger partial charge in [0.15, 0.2) is 0 Å².